The molecule has 196 valence electrons. The molecule has 0 spiro atoms. The SMILES string of the molecule is CC(=O)Oc1ccc(-c2ccc(OCc3ccc(C(F)(F)F)c(O)c3C(=O)OC(C)(C)C)cc2)c(C)c1. The van der Waals surface area contributed by atoms with Crippen molar-refractivity contribution < 1.29 is 42.1 Å². The van der Waals surface area contributed by atoms with E-state index in [-0.39, 0.29) is 12.2 Å². The van der Waals surface area contributed by atoms with Crippen LogP contribution in [0.2, 0.25) is 0 Å². The highest BCUT2D eigenvalue weighted by molar-refractivity contribution is 5.95. The Morgan fingerprint density at radius 1 is 0.919 bits per heavy atom. The molecule has 0 aromatic heterocycles. The predicted molar refractivity (Wildman–Crippen MR) is 131 cm³/mol. The lowest BCUT2D eigenvalue weighted by molar-refractivity contribution is -0.138. The maximum atomic E-state index is 13.3. The van der Waals surface area contributed by atoms with Crippen LogP contribution in [0.5, 0.6) is 17.2 Å². The fourth-order valence-electron chi connectivity index (χ4n) is 3.62. The molecule has 1 N–H and O–H groups in total. The van der Waals surface area contributed by atoms with Gasteiger partial charge in [-0.2, -0.15) is 13.2 Å². The van der Waals surface area contributed by atoms with Gasteiger partial charge in [0.1, 0.15) is 35.0 Å². The van der Waals surface area contributed by atoms with Gasteiger partial charge in [0.05, 0.1) is 5.56 Å². The summed E-state index contributed by atoms with van der Waals surface area (Å²) in [5.41, 5.74) is -0.222. The molecule has 0 unspecified atom stereocenters. The van der Waals surface area contributed by atoms with Gasteiger partial charge >= 0.3 is 18.1 Å². The molecule has 0 saturated carbocycles. The van der Waals surface area contributed by atoms with E-state index in [1.165, 1.54) is 6.92 Å². The summed E-state index contributed by atoms with van der Waals surface area (Å²) in [5.74, 6) is -1.87. The van der Waals surface area contributed by atoms with Crippen molar-refractivity contribution in [2.45, 2.75) is 53.0 Å². The van der Waals surface area contributed by atoms with Crippen LogP contribution in [0.25, 0.3) is 11.1 Å². The van der Waals surface area contributed by atoms with E-state index in [4.69, 9.17) is 14.2 Å². The second-order valence-electron chi connectivity index (χ2n) is 9.38. The molecule has 3 aromatic carbocycles. The first-order valence-electron chi connectivity index (χ1n) is 11.3. The minimum absolute atomic E-state index is 0.0423. The van der Waals surface area contributed by atoms with E-state index in [9.17, 15) is 27.9 Å². The monoisotopic (exact) mass is 516 g/mol. The summed E-state index contributed by atoms with van der Waals surface area (Å²) in [6.45, 7) is 7.62. The third kappa shape index (κ3) is 7.03. The van der Waals surface area contributed by atoms with E-state index in [1.54, 1.807) is 57.2 Å². The van der Waals surface area contributed by atoms with Gasteiger partial charge in [0.25, 0.3) is 0 Å². The van der Waals surface area contributed by atoms with Crippen LogP contribution in [0.3, 0.4) is 0 Å². The number of ether oxygens (including phenoxy) is 3. The Bertz CT molecular complexity index is 1310. The maximum absolute atomic E-state index is 13.3. The summed E-state index contributed by atoms with van der Waals surface area (Å²) < 4.78 is 56.0. The number of benzene rings is 3. The first-order valence-corrected chi connectivity index (χ1v) is 11.3. The van der Waals surface area contributed by atoms with Gasteiger partial charge in [0, 0.05) is 12.5 Å². The normalized spacial score (nSPS) is 11.7. The van der Waals surface area contributed by atoms with Gasteiger partial charge in [-0.1, -0.05) is 24.3 Å². The van der Waals surface area contributed by atoms with Crippen molar-refractivity contribution in [1.29, 1.82) is 0 Å². The van der Waals surface area contributed by atoms with Crippen molar-refractivity contribution in [2.75, 3.05) is 0 Å². The van der Waals surface area contributed by atoms with Gasteiger partial charge in [-0.3, -0.25) is 4.79 Å². The lowest BCUT2D eigenvalue weighted by Crippen LogP contribution is -2.25. The number of hydrogen-bond acceptors (Lipinski definition) is 6. The van der Waals surface area contributed by atoms with Gasteiger partial charge in [0.15, 0.2) is 0 Å². The maximum Gasteiger partial charge on any atom is 0.419 e. The Balaban J connectivity index is 1.84. The van der Waals surface area contributed by atoms with Crippen LogP contribution in [0.15, 0.2) is 54.6 Å². The smallest absolute Gasteiger partial charge is 0.419 e. The molecule has 0 aliphatic carbocycles. The van der Waals surface area contributed by atoms with Crippen LogP contribution in [-0.2, 0) is 22.3 Å². The quantitative estimate of drug-likeness (QED) is 0.285. The van der Waals surface area contributed by atoms with E-state index in [0.717, 1.165) is 22.8 Å². The molecule has 9 heteroatoms. The number of esters is 2. The lowest BCUT2D eigenvalue weighted by atomic mass is 10.00. The molecule has 0 heterocycles. The summed E-state index contributed by atoms with van der Waals surface area (Å²) in [6.07, 6.45) is -4.86. The topological polar surface area (TPSA) is 82.1 Å². The zero-order chi connectivity index (χ0) is 27.5. The Morgan fingerprint density at radius 2 is 1.54 bits per heavy atom. The van der Waals surface area contributed by atoms with Gasteiger partial charge in [-0.25, -0.2) is 4.79 Å². The third-order valence-corrected chi connectivity index (χ3v) is 5.19. The third-order valence-electron chi connectivity index (χ3n) is 5.19. The molecule has 3 rings (SSSR count). The number of phenols is 1. The molecule has 0 radical (unpaired) electrons. The highest BCUT2D eigenvalue weighted by Crippen LogP contribution is 2.39. The van der Waals surface area contributed by atoms with Crippen LogP contribution in [0.4, 0.5) is 13.2 Å². The second-order valence-corrected chi connectivity index (χ2v) is 9.38. The highest BCUT2D eigenvalue weighted by atomic mass is 19.4. The molecule has 37 heavy (non-hydrogen) atoms. The van der Waals surface area contributed by atoms with Crippen LogP contribution in [-0.4, -0.2) is 22.6 Å². The predicted octanol–water partition coefficient (Wildman–Crippen LogP) is 6.85. The van der Waals surface area contributed by atoms with Gasteiger partial charge in [-0.05, 0) is 74.7 Å². The first kappa shape index (κ1) is 27.6. The van der Waals surface area contributed by atoms with E-state index in [2.05, 4.69) is 0 Å². The number of hydrogen-bond donors (Lipinski definition) is 1. The number of carbonyl (C=O) groups excluding carboxylic acids is 2. The molecule has 0 saturated heterocycles. The van der Waals surface area contributed by atoms with Crippen LogP contribution >= 0.6 is 0 Å². The zero-order valence-corrected chi connectivity index (χ0v) is 21.0. The van der Waals surface area contributed by atoms with Crippen molar-refractivity contribution in [3.8, 4) is 28.4 Å². The molecule has 3 aromatic rings. The molecular weight excluding hydrogens is 489 g/mol. The summed E-state index contributed by atoms with van der Waals surface area (Å²) in [4.78, 5) is 23.8. The van der Waals surface area contributed by atoms with Gasteiger partial charge < -0.3 is 19.3 Å². The second kappa shape index (κ2) is 10.5. The minimum atomic E-state index is -4.86. The lowest BCUT2D eigenvalue weighted by Gasteiger charge is -2.22. The number of carbonyl (C=O) groups is 2. The Labute approximate surface area is 212 Å². The number of phenolic OH excluding ortho intramolecular Hbond substituents is 1. The van der Waals surface area contributed by atoms with Crippen molar-refractivity contribution in [3.63, 3.8) is 0 Å². The van der Waals surface area contributed by atoms with Crippen LogP contribution < -0.4 is 9.47 Å². The molecular formula is C28H27F3O6. The molecule has 6 nitrogen and oxygen atoms in total. The summed E-state index contributed by atoms with van der Waals surface area (Å²) in [7, 11) is 0. The number of aryl methyl sites for hydroxylation is 1. The zero-order valence-electron chi connectivity index (χ0n) is 21.0. The number of halogens is 3. The van der Waals surface area contributed by atoms with Crippen LogP contribution in [0.1, 0.15) is 54.7 Å². The highest BCUT2D eigenvalue weighted by Gasteiger charge is 2.37. The summed E-state index contributed by atoms with van der Waals surface area (Å²) in [5, 5.41) is 10.3. The number of rotatable bonds is 6. The molecule has 0 aliphatic heterocycles. The van der Waals surface area contributed by atoms with Crippen molar-refractivity contribution >= 4 is 11.9 Å². The number of aromatic hydroxyl groups is 1. The van der Waals surface area contributed by atoms with Crippen LogP contribution in [0, 0.1) is 6.92 Å². The molecule has 0 atom stereocenters. The molecule has 0 aliphatic rings. The average molecular weight is 517 g/mol. The fourth-order valence-corrected chi connectivity index (χ4v) is 3.62. The molecule has 0 bridgehead atoms. The van der Waals surface area contributed by atoms with E-state index < -0.39 is 40.6 Å². The minimum Gasteiger partial charge on any atom is -0.506 e. The Hall–Kier alpha value is -4.01. The van der Waals surface area contributed by atoms with Crippen molar-refractivity contribution in [3.05, 3.63) is 76.9 Å². The van der Waals surface area contributed by atoms with Crippen molar-refractivity contribution in [1.82, 2.24) is 0 Å². The van der Waals surface area contributed by atoms with Gasteiger partial charge in [-0.15, -0.1) is 0 Å². The Morgan fingerprint density at radius 3 is 2.08 bits per heavy atom. The van der Waals surface area contributed by atoms with E-state index >= 15 is 0 Å². The molecule has 0 amide bonds. The largest absolute Gasteiger partial charge is 0.506 e. The number of alkyl halides is 3. The molecule has 0 fully saturated rings. The first-order chi connectivity index (χ1) is 17.2. The average Bonchev–Trinajstić information content (AvgIpc) is 2.75. The summed E-state index contributed by atoms with van der Waals surface area (Å²) >= 11 is 0. The van der Waals surface area contributed by atoms with E-state index in [1.807, 2.05) is 13.0 Å². The Kier molecular flexibility index (Phi) is 7.86. The van der Waals surface area contributed by atoms with E-state index in [0.29, 0.717) is 17.6 Å². The standard InChI is InChI=1S/C28H27F3O6/c1-16-14-21(36-17(2)32)11-12-22(16)18-6-9-20(10-7-18)35-15-19-8-13-23(28(29,30)31)25(33)24(19)26(34)37-27(3,4)5/h6-14,33H,15H2,1-5H3. The fraction of sp³-hybridized carbons (Fsp3) is 0.286. The summed E-state index contributed by atoms with van der Waals surface area (Å²) in [6, 6.07) is 14.0. The van der Waals surface area contributed by atoms with Crippen molar-refractivity contribution in [2.24, 2.45) is 0 Å². The van der Waals surface area contributed by atoms with Gasteiger partial charge in [0.2, 0.25) is 0 Å².